The molecule has 96 valence electrons. The number of hydrogen-bond donors (Lipinski definition) is 4. The highest BCUT2D eigenvalue weighted by atomic mass is 16.6. The molecule has 0 aromatic carbocycles. The molecule has 4 N–H and O–H groups in total. The summed E-state index contributed by atoms with van der Waals surface area (Å²) in [6.07, 6.45) is -4.66. The maximum Gasteiger partial charge on any atom is 0.338 e. The molecule has 0 aliphatic heterocycles. The lowest BCUT2D eigenvalue weighted by Gasteiger charge is -2.24. The van der Waals surface area contributed by atoms with Crippen LogP contribution in [-0.2, 0) is 9.53 Å². The molecule has 0 aromatic rings. The van der Waals surface area contributed by atoms with Crippen LogP contribution in [0.4, 0.5) is 0 Å². The maximum absolute atomic E-state index is 10.6. The molecule has 6 heteroatoms. The summed E-state index contributed by atoms with van der Waals surface area (Å²) >= 11 is 0. The molecule has 3 unspecified atom stereocenters. The fourth-order valence-electron chi connectivity index (χ4n) is 1.40. The van der Waals surface area contributed by atoms with Crippen molar-refractivity contribution < 1.29 is 30.0 Å². The Hall–Kier alpha value is -0.690. The number of aliphatic hydroxyl groups excluding tert-OH is 2. The first kappa shape index (κ1) is 15.3. The molecule has 0 heterocycles. The van der Waals surface area contributed by atoms with Gasteiger partial charge in [0.25, 0.3) is 0 Å². The lowest BCUT2D eigenvalue weighted by molar-refractivity contribution is -0.232. The first-order chi connectivity index (χ1) is 7.25. The molecule has 0 aromatic heterocycles. The molecule has 0 fully saturated rings. The fourth-order valence-corrected chi connectivity index (χ4v) is 1.40. The van der Waals surface area contributed by atoms with Gasteiger partial charge in [-0.25, -0.2) is 4.79 Å². The second kappa shape index (κ2) is 6.80. The fraction of sp³-hybridized carbons (Fsp3) is 0.900. The van der Waals surface area contributed by atoms with E-state index in [1.54, 1.807) is 6.92 Å². The van der Waals surface area contributed by atoms with Gasteiger partial charge in [0.05, 0.1) is 0 Å². The van der Waals surface area contributed by atoms with E-state index in [4.69, 9.17) is 20.1 Å². The van der Waals surface area contributed by atoms with Crippen LogP contribution in [0.5, 0.6) is 0 Å². The third-order valence-corrected chi connectivity index (χ3v) is 2.13. The Balaban J connectivity index is 4.28. The predicted molar refractivity (Wildman–Crippen MR) is 55.4 cm³/mol. The van der Waals surface area contributed by atoms with Gasteiger partial charge in [0.2, 0.25) is 6.10 Å². The zero-order valence-corrected chi connectivity index (χ0v) is 9.70. The highest BCUT2D eigenvalue weighted by molar-refractivity contribution is 5.72. The van der Waals surface area contributed by atoms with Crippen molar-refractivity contribution in [3.63, 3.8) is 0 Å². The van der Waals surface area contributed by atoms with Gasteiger partial charge >= 0.3 is 5.97 Å². The SMILES string of the molecule is CC(C)CC(C)C(O)OC(C(=O)O)C(O)O. The van der Waals surface area contributed by atoms with Gasteiger partial charge in [-0.05, 0) is 12.3 Å². The Morgan fingerprint density at radius 1 is 1.19 bits per heavy atom. The normalized spacial score (nSPS) is 17.5. The van der Waals surface area contributed by atoms with Gasteiger partial charge in [-0.3, -0.25) is 0 Å². The smallest absolute Gasteiger partial charge is 0.338 e. The molecule has 0 saturated heterocycles. The summed E-state index contributed by atoms with van der Waals surface area (Å²) in [4.78, 5) is 10.6. The lowest BCUT2D eigenvalue weighted by Crippen LogP contribution is -2.41. The van der Waals surface area contributed by atoms with Crippen molar-refractivity contribution in [2.24, 2.45) is 11.8 Å². The topological polar surface area (TPSA) is 107 Å². The van der Waals surface area contributed by atoms with Crippen molar-refractivity contribution in [3.05, 3.63) is 0 Å². The van der Waals surface area contributed by atoms with E-state index in [1.807, 2.05) is 13.8 Å². The Morgan fingerprint density at radius 2 is 1.69 bits per heavy atom. The first-order valence-electron chi connectivity index (χ1n) is 5.18. The number of aliphatic carboxylic acids is 1. The van der Waals surface area contributed by atoms with Crippen molar-refractivity contribution in [1.29, 1.82) is 0 Å². The molecule has 0 bridgehead atoms. The summed E-state index contributed by atoms with van der Waals surface area (Å²) < 4.78 is 4.69. The third-order valence-electron chi connectivity index (χ3n) is 2.13. The van der Waals surface area contributed by atoms with E-state index in [2.05, 4.69) is 0 Å². The lowest BCUT2D eigenvalue weighted by atomic mass is 9.98. The zero-order chi connectivity index (χ0) is 12.9. The van der Waals surface area contributed by atoms with Crippen LogP contribution >= 0.6 is 0 Å². The molecule has 0 saturated carbocycles. The van der Waals surface area contributed by atoms with Crippen molar-refractivity contribution >= 4 is 5.97 Å². The number of rotatable bonds is 7. The van der Waals surface area contributed by atoms with Crippen LogP contribution in [0.2, 0.25) is 0 Å². The molecular weight excluding hydrogens is 216 g/mol. The Bertz CT molecular complexity index is 215. The summed E-state index contributed by atoms with van der Waals surface area (Å²) in [7, 11) is 0. The highest BCUT2D eigenvalue weighted by Gasteiger charge is 2.30. The molecule has 16 heavy (non-hydrogen) atoms. The number of carboxylic acid groups (broad SMARTS) is 1. The number of aliphatic hydroxyl groups is 3. The second-order valence-corrected chi connectivity index (χ2v) is 4.31. The first-order valence-corrected chi connectivity index (χ1v) is 5.18. The van der Waals surface area contributed by atoms with Crippen LogP contribution in [0.15, 0.2) is 0 Å². The summed E-state index contributed by atoms with van der Waals surface area (Å²) in [6.45, 7) is 5.62. The van der Waals surface area contributed by atoms with Crippen molar-refractivity contribution in [1.82, 2.24) is 0 Å². The number of ether oxygens (including phenoxy) is 1. The Kier molecular flexibility index (Phi) is 6.51. The minimum absolute atomic E-state index is 0.277. The Labute approximate surface area is 94.5 Å². The molecule has 6 nitrogen and oxygen atoms in total. The number of carbonyl (C=O) groups is 1. The molecule has 0 radical (unpaired) electrons. The molecule has 0 rings (SSSR count). The van der Waals surface area contributed by atoms with Crippen LogP contribution < -0.4 is 0 Å². The number of carboxylic acids is 1. The molecule has 0 spiro atoms. The van der Waals surface area contributed by atoms with Crippen molar-refractivity contribution in [2.75, 3.05) is 0 Å². The van der Waals surface area contributed by atoms with E-state index < -0.39 is 24.7 Å². The largest absolute Gasteiger partial charge is 0.479 e. The monoisotopic (exact) mass is 236 g/mol. The molecule has 0 amide bonds. The van der Waals surface area contributed by atoms with Crippen molar-refractivity contribution in [2.45, 2.75) is 45.9 Å². The van der Waals surface area contributed by atoms with Crippen LogP contribution in [0.25, 0.3) is 0 Å². The van der Waals surface area contributed by atoms with Crippen LogP contribution in [0.3, 0.4) is 0 Å². The average molecular weight is 236 g/mol. The second-order valence-electron chi connectivity index (χ2n) is 4.31. The minimum Gasteiger partial charge on any atom is -0.479 e. The van der Waals surface area contributed by atoms with Crippen LogP contribution in [-0.4, -0.2) is 45.1 Å². The average Bonchev–Trinajstić information content (AvgIpc) is 2.11. The summed E-state index contributed by atoms with van der Waals surface area (Å²) in [6, 6.07) is 0. The van der Waals surface area contributed by atoms with E-state index in [-0.39, 0.29) is 5.92 Å². The van der Waals surface area contributed by atoms with E-state index in [1.165, 1.54) is 0 Å². The van der Waals surface area contributed by atoms with E-state index >= 15 is 0 Å². The van der Waals surface area contributed by atoms with Gasteiger partial charge in [-0.2, -0.15) is 0 Å². The zero-order valence-electron chi connectivity index (χ0n) is 9.70. The summed E-state index contributed by atoms with van der Waals surface area (Å²) in [5, 5.41) is 35.6. The quantitative estimate of drug-likeness (QED) is 0.455. The summed E-state index contributed by atoms with van der Waals surface area (Å²) in [5.74, 6) is -1.47. The molecule has 3 atom stereocenters. The van der Waals surface area contributed by atoms with E-state index in [0.29, 0.717) is 12.3 Å². The summed E-state index contributed by atoms with van der Waals surface area (Å²) in [5.41, 5.74) is 0. The van der Waals surface area contributed by atoms with Gasteiger partial charge in [0, 0.05) is 5.92 Å². The van der Waals surface area contributed by atoms with Crippen LogP contribution in [0, 0.1) is 11.8 Å². The molecule has 0 aliphatic rings. The third kappa shape index (κ3) is 5.41. The predicted octanol–water partition coefficient (Wildman–Crippen LogP) is -0.232. The van der Waals surface area contributed by atoms with E-state index in [9.17, 15) is 9.90 Å². The molecular formula is C10H20O6. The van der Waals surface area contributed by atoms with E-state index in [0.717, 1.165) is 0 Å². The maximum atomic E-state index is 10.6. The number of hydrogen-bond acceptors (Lipinski definition) is 5. The van der Waals surface area contributed by atoms with Gasteiger partial charge in [0.15, 0.2) is 12.6 Å². The highest BCUT2D eigenvalue weighted by Crippen LogP contribution is 2.17. The van der Waals surface area contributed by atoms with Gasteiger partial charge in [-0.15, -0.1) is 0 Å². The van der Waals surface area contributed by atoms with Gasteiger partial charge in [-0.1, -0.05) is 20.8 Å². The Morgan fingerprint density at radius 3 is 2.00 bits per heavy atom. The molecule has 0 aliphatic carbocycles. The van der Waals surface area contributed by atoms with Gasteiger partial charge < -0.3 is 25.2 Å². The standard InChI is InChI=1S/C10H20O6/c1-5(2)4-6(3)10(15)16-7(8(11)12)9(13)14/h5-8,10-12,15H,4H2,1-3H3,(H,13,14). The van der Waals surface area contributed by atoms with Crippen LogP contribution in [0.1, 0.15) is 27.2 Å². The van der Waals surface area contributed by atoms with Crippen molar-refractivity contribution in [3.8, 4) is 0 Å². The minimum atomic E-state index is -2.15. The van der Waals surface area contributed by atoms with Gasteiger partial charge in [0.1, 0.15) is 0 Å².